The Bertz CT molecular complexity index is 789. The van der Waals surface area contributed by atoms with Gasteiger partial charge in [-0.15, -0.1) is 0 Å². The Balaban J connectivity index is 1.64. The number of aliphatic hydroxyl groups excluding tert-OH is 1. The van der Waals surface area contributed by atoms with Crippen molar-refractivity contribution in [1.29, 1.82) is 0 Å². The molecule has 3 atom stereocenters. The van der Waals surface area contributed by atoms with E-state index in [9.17, 15) is 10.2 Å². The van der Waals surface area contributed by atoms with Crippen molar-refractivity contribution in [3.63, 3.8) is 0 Å². The lowest BCUT2D eigenvalue weighted by Gasteiger charge is -2.46. The molecule has 0 aliphatic carbocycles. The highest BCUT2D eigenvalue weighted by Gasteiger charge is 2.39. The number of hydrogen-bond donors (Lipinski definition) is 2. The average molecular weight is 339 g/mol. The normalized spacial score (nSPS) is 26.0. The lowest BCUT2D eigenvalue weighted by atomic mass is 9.79. The smallest absolute Gasteiger partial charge is 0.161 e. The number of nitrogens with zero attached hydrogens (tertiary/aromatic N) is 1. The van der Waals surface area contributed by atoms with Gasteiger partial charge < -0.3 is 14.9 Å². The number of fused-ring (bicyclic) bond motifs is 3. The van der Waals surface area contributed by atoms with Crippen LogP contribution in [0.5, 0.6) is 11.5 Å². The van der Waals surface area contributed by atoms with Crippen LogP contribution in [0.15, 0.2) is 36.4 Å². The van der Waals surface area contributed by atoms with E-state index in [1.165, 1.54) is 11.1 Å². The van der Waals surface area contributed by atoms with Crippen molar-refractivity contribution < 1.29 is 14.9 Å². The molecular formula is C21H25NO3. The summed E-state index contributed by atoms with van der Waals surface area (Å²) in [5.74, 6) is 0.931. The Hall–Kier alpha value is -2.04. The maximum atomic E-state index is 10.8. The minimum atomic E-state index is -0.377. The standard InChI is InChI=1S/C21H25NO3/c1-13-4-3-5-14(10-13)17-12-22-9-8-16-15(18(22)11-19(17)23)6-7-20(25-2)21(16)24/h3-7,10,17-19,23-24H,8-9,11-12H2,1-2H3. The highest BCUT2D eigenvalue weighted by atomic mass is 16.5. The fourth-order valence-corrected chi connectivity index (χ4v) is 4.47. The van der Waals surface area contributed by atoms with Crippen LogP contribution in [0.2, 0.25) is 0 Å². The number of methoxy groups -OCH3 is 1. The number of ether oxygens (including phenoxy) is 1. The Morgan fingerprint density at radius 3 is 2.80 bits per heavy atom. The van der Waals surface area contributed by atoms with Crippen LogP contribution in [0.3, 0.4) is 0 Å². The van der Waals surface area contributed by atoms with Gasteiger partial charge in [-0.2, -0.15) is 0 Å². The second kappa shape index (κ2) is 6.36. The second-order valence-electron chi connectivity index (χ2n) is 7.27. The fourth-order valence-electron chi connectivity index (χ4n) is 4.47. The average Bonchev–Trinajstić information content (AvgIpc) is 2.61. The van der Waals surface area contributed by atoms with Crippen molar-refractivity contribution in [3.8, 4) is 11.5 Å². The van der Waals surface area contributed by atoms with E-state index in [1.54, 1.807) is 7.11 Å². The van der Waals surface area contributed by atoms with Crippen LogP contribution in [0.25, 0.3) is 0 Å². The summed E-state index contributed by atoms with van der Waals surface area (Å²) < 4.78 is 5.24. The number of hydrogen-bond acceptors (Lipinski definition) is 4. The molecule has 2 aliphatic rings. The van der Waals surface area contributed by atoms with Crippen LogP contribution in [-0.2, 0) is 6.42 Å². The van der Waals surface area contributed by atoms with Gasteiger partial charge in [0.05, 0.1) is 13.2 Å². The van der Waals surface area contributed by atoms with E-state index in [4.69, 9.17) is 4.74 Å². The minimum absolute atomic E-state index is 0.143. The van der Waals surface area contributed by atoms with E-state index in [2.05, 4.69) is 36.1 Å². The van der Waals surface area contributed by atoms with Gasteiger partial charge in [-0.3, -0.25) is 4.90 Å². The Morgan fingerprint density at radius 1 is 1.20 bits per heavy atom. The maximum Gasteiger partial charge on any atom is 0.161 e. The van der Waals surface area contributed by atoms with E-state index >= 15 is 0 Å². The van der Waals surface area contributed by atoms with Crippen molar-refractivity contribution in [2.24, 2.45) is 0 Å². The number of aryl methyl sites for hydroxylation is 1. The molecular weight excluding hydrogens is 314 g/mol. The summed E-state index contributed by atoms with van der Waals surface area (Å²) in [5.41, 5.74) is 4.55. The molecule has 4 nitrogen and oxygen atoms in total. The molecule has 0 spiro atoms. The summed E-state index contributed by atoms with van der Waals surface area (Å²) in [5, 5.41) is 21.3. The zero-order chi connectivity index (χ0) is 17.6. The highest BCUT2D eigenvalue weighted by molar-refractivity contribution is 5.52. The summed E-state index contributed by atoms with van der Waals surface area (Å²) in [4.78, 5) is 2.45. The lowest BCUT2D eigenvalue weighted by Crippen LogP contribution is -2.47. The molecule has 0 bridgehead atoms. The Labute approximate surface area is 148 Å². The predicted octanol–water partition coefficient (Wildman–Crippen LogP) is 3.16. The van der Waals surface area contributed by atoms with Gasteiger partial charge in [-0.05, 0) is 37.0 Å². The largest absolute Gasteiger partial charge is 0.504 e. The first-order valence-electron chi connectivity index (χ1n) is 8.96. The number of aromatic hydroxyl groups is 1. The molecule has 0 saturated carbocycles. The molecule has 1 saturated heterocycles. The van der Waals surface area contributed by atoms with Gasteiger partial charge in [-0.1, -0.05) is 35.9 Å². The molecule has 25 heavy (non-hydrogen) atoms. The zero-order valence-electron chi connectivity index (χ0n) is 14.8. The van der Waals surface area contributed by atoms with Crippen molar-refractivity contribution >= 4 is 0 Å². The number of rotatable bonds is 2. The summed E-state index contributed by atoms with van der Waals surface area (Å²) >= 11 is 0. The number of aliphatic hydroxyl groups is 1. The minimum Gasteiger partial charge on any atom is -0.504 e. The topological polar surface area (TPSA) is 52.9 Å². The summed E-state index contributed by atoms with van der Waals surface area (Å²) in [6, 6.07) is 12.5. The third-order valence-electron chi connectivity index (χ3n) is 5.78. The van der Waals surface area contributed by atoms with Crippen molar-refractivity contribution in [2.75, 3.05) is 20.2 Å². The molecule has 0 aromatic heterocycles. The summed E-state index contributed by atoms with van der Waals surface area (Å²) in [7, 11) is 1.58. The van der Waals surface area contributed by atoms with Gasteiger partial charge >= 0.3 is 0 Å². The van der Waals surface area contributed by atoms with E-state index in [0.717, 1.165) is 30.6 Å². The Kier molecular flexibility index (Phi) is 4.18. The fraction of sp³-hybridized carbons (Fsp3) is 0.429. The first-order valence-corrected chi connectivity index (χ1v) is 8.96. The molecule has 0 amide bonds. The number of piperidine rings is 1. The third kappa shape index (κ3) is 2.79. The van der Waals surface area contributed by atoms with Gasteiger partial charge in [-0.25, -0.2) is 0 Å². The van der Waals surface area contributed by atoms with Crippen LogP contribution < -0.4 is 4.74 Å². The third-order valence-corrected chi connectivity index (χ3v) is 5.78. The molecule has 2 aliphatic heterocycles. The van der Waals surface area contributed by atoms with Gasteiger partial charge in [0.1, 0.15) is 0 Å². The van der Waals surface area contributed by atoms with Gasteiger partial charge in [0, 0.05) is 30.6 Å². The highest BCUT2D eigenvalue weighted by Crippen LogP contribution is 2.45. The predicted molar refractivity (Wildman–Crippen MR) is 97.2 cm³/mol. The van der Waals surface area contributed by atoms with E-state index in [1.807, 2.05) is 12.1 Å². The van der Waals surface area contributed by atoms with Crippen LogP contribution in [0.1, 0.15) is 40.6 Å². The Morgan fingerprint density at radius 2 is 2.04 bits per heavy atom. The lowest BCUT2D eigenvalue weighted by molar-refractivity contribution is 0.0165. The SMILES string of the molecule is COc1ccc2c(c1O)CCN1CC(c3cccc(C)c3)C(O)CC21. The van der Waals surface area contributed by atoms with Gasteiger partial charge in [0.25, 0.3) is 0 Å². The van der Waals surface area contributed by atoms with Crippen LogP contribution in [0.4, 0.5) is 0 Å². The van der Waals surface area contributed by atoms with Crippen LogP contribution in [0, 0.1) is 6.92 Å². The summed E-state index contributed by atoms with van der Waals surface area (Å²) in [6.07, 6.45) is 1.13. The maximum absolute atomic E-state index is 10.8. The van der Waals surface area contributed by atoms with E-state index in [0.29, 0.717) is 12.2 Å². The zero-order valence-corrected chi connectivity index (χ0v) is 14.8. The van der Waals surface area contributed by atoms with Gasteiger partial charge in [0.2, 0.25) is 0 Å². The molecule has 2 aromatic rings. The molecule has 132 valence electrons. The molecule has 1 fully saturated rings. The molecule has 0 radical (unpaired) electrons. The van der Waals surface area contributed by atoms with Crippen molar-refractivity contribution in [3.05, 3.63) is 58.7 Å². The summed E-state index contributed by atoms with van der Waals surface area (Å²) in [6.45, 7) is 3.84. The number of benzene rings is 2. The van der Waals surface area contributed by atoms with Crippen molar-refractivity contribution in [1.82, 2.24) is 4.90 Å². The molecule has 4 heteroatoms. The van der Waals surface area contributed by atoms with Crippen LogP contribution in [-0.4, -0.2) is 41.4 Å². The molecule has 2 N–H and O–H groups in total. The monoisotopic (exact) mass is 339 g/mol. The quantitative estimate of drug-likeness (QED) is 0.882. The molecule has 2 heterocycles. The second-order valence-corrected chi connectivity index (χ2v) is 7.27. The molecule has 4 rings (SSSR count). The van der Waals surface area contributed by atoms with Crippen molar-refractivity contribution in [2.45, 2.75) is 37.8 Å². The first-order chi connectivity index (χ1) is 12.1. The molecule has 2 aromatic carbocycles. The number of phenols is 1. The van der Waals surface area contributed by atoms with Crippen LogP contribution >= 0.6 is 0 Å². The van der Waals surface area contributed by atoms with Gasteiger partial charge in [0.15, 0.2) is 11.5 Å². The van der Waals surface area contributed by atoms with E-state index in [-0.39, 0.29) is 23.8 Å². The molecule has 3 unspecified atom stereocenters. The van der Waals surface area contributed by atoms with E-state index < -0.39 is 0 Å². The first kappa shape index (κ1) is 16.4. The number of phenolic OH excluding ortho intramolecular Hbond substituents is 1.